The number of carboxylic acid groups (broad SMARTS) is 1. The number of H-pyrrole nitrogens is 1. The number of rotatable bonds is 4. The van der Waals surface area contributed by atoms with Crippen molar-refractivity contribution in [2.75, 3.05) is 0 Å². The minimum atomic E-state index is -1.08. The van der Waals surface area contributed by atoms with E-state index in [0.29, 0.717) is 10.9 Å². The van der Waals surface area contributed by atoms with Gasteiger partial charge in [-0.25, -0.2) is 14.5 Å². The number of hydrogen-bond acceptors (Lipinski definition) is 4. The molecule has 2 N–H and O–H groups in total. The highest BCUT2D eigenvalue weighted by molar-refractivity contribution is 5.87. The van der Waals surface area contributed by atoms with Gasteiger partial charge in [0.2, 0.25) is 5.95 Å². The van der Waals surface area contributed by atoms with Crippen molar-refractivity contribution in [2.24, 2.45) is 0 Å². The van der Waals surface area contributed by atoms with Gasteiger partial charge in [0.05, 0.1) is 22.7 Å². The summed E-state index contributed by atoms with van der Waals surface area (Å²) in [6, 6.07) is 5.56. The molecule has 22 heavy (non-hydrogen) atoms. The first-order valence-corrected chi connectivity index (χ1v) is 6.90. The molecule has 0 radical (unpaired) electrons. The molecule has 2 aromatic heterocycles. The van der Waals surface area contributed by atoms with E-state index in [1.807, 2.05) is 12.1 Å². The van der Waals surface area contributed by atoms with Gasteiger partial charge in [0.15, 0.2) is 0 Å². The van der Waals surface area contributed by atoms with E-state index < -0.39 is 5.97 Å². The maximum Gasteiger partial charge on any atom is 0.338 e. The van der Waals surface area contributed by atoms with Gasteiger partial charge in [0.1, 0.15) is 0 Å². The fourth-order valence-corrected chi connectivity index (χ4v) is 2.28. The molecule has 0 amide bonds. The SMILES string of the molecule is CCCc1ccc2nc(-n3cc(C(=O)O)cn3)[nH]c(=O)c2c1. The van der Waals surface area contributed by atoms with E-state index in [0.717, 1.165) is 18.4 Å². The molecule has 0 spiro atoms. The first-order valence-electron chi connectivity index (χ1n) is 6.90. The van der Waals surface area contributed by atoms with Crippen LogP contribution in [0.2, 0.25) is 0 Å². The summed E-state index contributed by atoms with van der Waals surface area (Å²) >= 11 is 0. The lowest BCUT2D eigenvalue weighted by Gasteiger charge is -2.04. The van der Waals surface area contributed by atoms with Crippen LogP contribution >= 0.6 is 0 Å². The van der Waals surface area contributed by atoms with Crippen LogP contribution in [0, 0.1) is 0 Å². The average molecular weight is 298 g/mol. The van der Waals surface area contributed by atoms with Crippen LogP contribution in [-0.2, 0) is 6.42 Å². The van der Waals surface area contributed by atoms with Gasteiger partial charge in [0.25, 0.3) is 5.56 Å². The Morgan fingerprint density at radius 3 is 2.91 bits per heavy atom. The van der Waals surface area contributed by atoms with E-state index in [2.05, 4.69) is 22.0 Å². The van der Waals surface area contributed by atoms with Crippen molar-refractivity contribution in [1.82, 2.24) is 19.7 Å². The third kappa shape index (κ3) is 2.48. The number of nitrogens with one attached hydrogen (secondary N) is 1. The lowest BCUT2D eigenvalue weighted by molar-refractivity contribution is 0.0697. The van der Waals surface area contributed by atoms with Gasteiger partial charge >= 0.3 is 5.97 Å². The summed E-state index contributed by atoms with van der Waals surface area (Å²) in [4.78, 5) is 30.1. The van der Waals surface area contributed by atoms with Crippen LogP contribution in [0.15, 0.2) is 35.4 Å². The molecule has 1 aromatic carbocycles. The maximum atomic E-state index is 12.2. The van der Waals surface area contributed by atoms with Gasteiger partial charge in [0, 0.05) is 6.20 Å². The fraction of sp³-hybridized carbons (Fsp3) is 0.200. The van der Waals surface area contributed by atoms with E-state index >= 15 is 0 Å². The normalized spacial score (nSPS) is 11.0. The molecule has 0 fully saturated rings. The number of fused-ring (bicyclic) bond motifs is 1. The molecular formula is C15H14N4O3. The number of carbonyl (C=O) groups is 1. The van der Waals surface area contributed by atoms with Crippen LogP contribution in [0.4, 0.5) is 0 Å². The van der Waals surface area contributed by atoms with Gasteiger partial charge < -0.3 is 5.11 Å². The zero-order valence-electron chi connectivity index (χ0n) is 11.9. The summed E-state index contributed by atoms with van der Waals surface area (Å²) in [7, 11) is 0. The Kier molecular flexibility index (Phi) is 3.46. The molecule has 0 atom stereocenters. The molecule has 0 saturated heterocycles. The topological polar surface area (TPSA) is 101 Å². The Hall–Kier alpha value is -2.96. The number of hydrogen-bond donors (Lipinski definition) is 2. The number of aromatic carboxylic acids is 1. The third-order valence-corrected chi connectivity index (χ3v) is 3.34. The van der Waals surface area contributed by atoms with Gasteiger partial charge in [-0.15, -0.1) is 0 Å². The average Bonchev–Trinajstić information content (AvgIpc) is 2.98. The Morgan fingerprint density at radius 2 is 2.23 bits per heavy atom. The summed E-state index contributed by atoms with van der Waals surface area (Å²) < 4.78 is 1.24. The van der Waals surface area contributed by atoms with Crippen molar-refractivity contribution >= 4 is 16.9 Å². The van der Waals surface area contributed by atoms with E-state index in [1.54, 1.807) is 6.07 Å². The van der Waals surface area contributed by atoms with Crippen LogP contribution in [-0.4, -0.2) is 30.8 Å². The summed E-state index contributed by atoms with van der Waals surface area (Å²) in [5.41, 5.74) is 1.39. The van der Waals surface area contributed by atoms with Crippen molar-refractivity contribution in [1.29, 1.82) is 0 Å². The Morgan fingerprint density at radius 1 is 1.41 bits per heavy atom. The molecule has 0 aliphatic carbocycles. The van der Waals surface area contributed by atoms with Crippen LogP contribution in [0.3, 0.4) is 0 Å². The largest absolute Gasteiger partial charge is 0.478 e. The van der Waals surface area contributed by atoms with Crippen LogP contribution < -0.4 is 5.56 Å². The molecule has 112 valence electrons. The van der Waals surface area contributed by atoms with Crippen LogP contribution in [0.25, 0.3) is 16.9 Å². The van der Waals surface area contributed by atoms with Crippen molar-refractivity contribution in [3.8, 4) is 5.95 Å². The van der Waals surface area contributed by atoms with Crippen molar-refractivity contribution < 1.29 is 9.90 Å². The van der Waals surface area contributed by atoms with Gasteiger partial charge in [-0.1, -0.05) is 19.4 Å². The summed E-state index contributed by atoms with van der Waals surface area (Å²) in [6.07, 6.45) is 4.41. The molecule has 0 aliphatic heterocycles. The molecule has 3 aromatic rings. The molecule has 0 saturated carbocycles. The Bertz CT molecular complexity index is 911. The predicted molar refractivity (Wildman–Crippen MR) is 80.4 cm³/mol. The summed E-state index contributed by atoms with van der Waals surface area (Å²) in [5.74, 6) is -0.896. The molecule has 7 nitrogen and oxygen atoms in total. The number of carboxylic acids is 1. The van der Waals surface area contributed by atoms with E-state index in [1.165, 1.54) is 17.1 Å². The highest BCUT2D eigenvalue weighted by Crippen LogP contribution is 2.13. The second kappa shape index (κ2) is 5.44. The van der Waals surface area contributed by atoms with Crippen molar-refractivity contribution in [3.63, 3.8) is 0 Å². The molecule has 0 unspecified atom stereocenters. The molecular weight excluding hydrogens is 284 g/mol. The number of aryl methyl sites for hydroxylation is 1. The first kappa shape index (κ1) is 14.0. The molecule has 0 aliphatic rings. The Balaban J connectivity index is 2.10. The first-order chi connectivity index (χ1) is 10.6. The lowest BCUT2D eigenvalue weighted by atomic mass is 10.1. The number of nitrogens with zero attached hydrogens (tertiary/aromatic N) is 3. The highest BCUT2D eigenvalue weighted by Gasteiger charge is 2.10. The minimum Gasteiger partial charge on any atom is -0.478 e. The van der Waals surface area contributed by atoms with E-state index in [9.17, 15) is 9.59 Å². The molecule has 0 bridgehead atoms. The zero-order valence-corrected chi connectivity index (χ0v) is 11.9. The van der Waals surface area contributed by atoms with Crippen molar-refractivity contribution in [2.45, 2.75) is 19.8 Å². The third-order valence-electron chi connectivity index (χ3n) is 3.34. The van der Waals surface area contributed by atoms with E-state index in [4.69, 9.17) is 5.11 Å². The second-order valence-electron chi connectivity index (χ2n) is 4.97. The minimum absolute atomic E-state index is 0.0287. The van der Waals surface area contributed by atoms with Gasteiger partial charge in [-0.05, 0) is 24.1 Å². The number of aromatic amines is 1. The maximum absolute atomic E-state index is 12.2. The van der Waals surface area contributed by atoms with Gasteiger partial charge in [-0.2, -0.15) is 5.10 Å². The highest BCUT2D eigenvalue weighted by atomic mass is 16.4. The zero-order chi connectivity index (χ0) is 15.7. The quantitative estimate of drug-likeness (QED) is 0.764. The Labute approximate surface area is 125 Å². The predicted octanol–water partition coefficient (Wildman–Crippen LogP) is 1.76. The fourth-order valence-electron chi connectivity index (χ4n) is 2.28. The second-order valence-corrected chi connectivity index (χ2v) is 4.97. The molecule has 3 rings (SSSR count). The standard InChI is InChI=1S/C15H14N4O3/c1-2-3-9-4-5-12-11(6-9)13(20)18-15(17-12)19-8-10(7-16-19)14(21)22/h4-8H,2-3H2,1H3,(H,21,22)(H,17,18,20). The van der Waals surface area contributed by atoms with Crippen LogP contribution in [0.1, 0.15) is 29.3 Å². The number of aromatic nitrogens is 4. The van der Waals surface area contributed by atoms with E-state index in [-0.39, 0.29) is 17.1 Å². The lowest BCUT2D eigenvalue weighted by Crippen LogP contribution is -2.14. The summed E-state index contributed by atoms with van der Waals surface area (Å²) in [5, 5.41) is 13.3. The summed E-state index contributed by atoms with van der Waals surface area (Å²) in [6.45, 7) is 2.08. The molecule has 2 heterocycles. The smallest absolute Gasteiger partial charge is 0.338 e. The van der Waals surface area contributed by atoms with Crippen LogP contribution in [0.5, 0.6) is 0 Å². The molecule has 7 heteroatoms. The van der Waals surface area contributed by atoms with Gasteiger partial charge in [-0.3, -0.25) is 9.78 Å². The number of benzene rings is 1. The van der Waals surface area contributed by atoms with Crippen molar-refractivity contribution in [3.05, 3.63) is 52.1 Å². The monoisotopic (exact) mass is 298 g/mol.